The van der Waals surface area contributed by atoms with Gasteiger partial charge in [0.15, 0.2) is 0 Å². The number of hydrogen-bond donors (Lipinski definition) is 2. The van der Waals surface area contributed by atoms with Crippen molar-refractivity contribution in [2.24, 2.45) is 5.41 Å². The molecular formula is C18H24ClNO4. The lowest BCUT2D eigenvalue weighted by molar-refractivity contribution is -0.151. The normalized spacial score (nSPS) is 16.4. The summed E-state index contributed by atoms with van der Waals surface area (Å²) in [5.74, 6) is -0.330. The smallest absolute Gasteiger partial charge is 0.311 e. The molecule has 0 saturated heterocycles. The van der Waals surface area contributed by atoms with E-state index in [1.165, 1.54) is 0 Å². The lowest BCUT2D eigenvalue weighted by atomic mass is 9.74. The fourth-order valence-corrected chi connectivity index (χ4v) is 3.45. The largest absolute Gasteiger partial charge is 0.495 e. The van der Waals surface area contributed by atoms with Crippen molar-refractivity contribution in [3.05, 3.63) is 28.8 Å². The summed E-state index contributed by atoms with van der Waals surface area (Å²) in [6.07, 6.45) is 5.02. The maximum Gasteiger partial charge on any atom is 0.311 e. The summed E-state index contributed by atoms with van der Waals surface area (Å²) >= 11 is 6.07. The maximum absolute atomic E-state index is 12.1. The minimum atomic E-state index is -0.801. The molecule has 1 saturated carbocycles. The zero-order valence-corrected chi connectivity index (χ0v) is 14.7. The third kappa shape index (κ3) is 4.63. The maximum atomic E-state index is 12.1. The van der Waals surface area contributed by atoms with E-state index in [0.29, 0.717) is 36.5 Å². The zero-order chi connectivity index (χ0) is 17.6. The van der Waals surface area contributed by atoms with Gasteiger partial charge < -0.3 is 15.2 Å². The van der Waals surface area contributed by atoms with Crippen LogP contribution in [0.5, 0.6) is 5.75 Å². The fourth-order valence-electron chi connectivity index (χ4n) is 3.17. The van der Waals surface area contributed by atoms with Gasteiger partial charge in [0.25, 0.3) is 0 Å². The number of carboxylic acids is 1. The molecule has 0 bridgehead atoms. The van der Waals surface area contributed by atoms with E-state index in [4.69, 9.17) is 16.3 Å². The summed E-state index contributed by atoms with van der Waals surface area (Å²) in [7, 11) is 1.55. The molecule has 1 aliphatic carbocycles. The summed E-state index contributed by atoms with van der Waals surface area (Å²) < 4.78 is 5.10. The van der Waals surface area contributed by atoms with Crippen LogP contribution in [0.4, 0.5) is 0 Å². The first-order chi connectivity index (χ1) is 11.5. The third-order valence-corrected chi connectivity index (χ3v) is 5.04. The minimum absolute atomic E-state index is 0.131. The van der Waals surface area contributed by atoms with E-state index in [0.717, 1.165) is 24.8 Å². The van der Waals surface area contributed by atoms with Gasteiger partial charge in [0.2, 0.25) is 5.91 Å². The molecule has 5 nitrogen and oxygen atoms in total. The Kier molecular flexibility index (Phi) is 6.49. The highest BCUT2D eigenvalue weighted by molar-refractivity contribution is 6.32. The van der Waals surface area contributed by atoms with Gasteiger partial charge in [-0.1, -0.05) is 36.9 Å². The van der Waals surface area contributed by atoms with Crippen molar-refractivity contribution in [2.45, 2.75) is 44.9 Å². The SMILES string of the molecule is COc1ccc(CCC(=O)NCC2(C(=O)O)CCCCC2)cc1Cl. The molecule has 1 fully saturated rings. The number of methoxy groups -OCH3 is 1. The van der Waals surface area contributed by atoms with Crippen LogP contribution in [0.3, 0.4) is 0 Å². The number of aliphatic carboxylic acids is 1. The van der Waals surface area contributed by atoms with Crippen LogP contribution in [0, 0.1) is 5.41 Å². The molecule has 1 amide bonds. The van der Waals surface area contributed by atoms with Gasteiger partial charge in [0.05, 0.1) is 17.5 Å². The zero-order valence-electron chi connectivity index (χ0n) is 13.9. The van der Waals surface area contributed by atoms with E-state index in [9.17, 15) is 14.7 Å². The summed E-state index contributed by atoms with van der Waals surface area (Å²) in [5.41, 5.74) is 0.152. The monoisotopic (exact) mass is 353 g/mol. The lowest BCUT2D eigenvalue weighted by Crippen LogP contribution is -2.44. The molecule has 1 aromatic rings. The molecule has 2 rings (SSSR count). The van der Waals surface area contributed by atoms with Crippen LogP contribution in [-0.2, 0) is 16.0 Å². The lowest BCUT2D eigenvalue weighted by Gasteiger charge is -2.33. The Balaban J connectivity index is 1.84. The number of halogens is 1. The number of amides is 1. The Morgan fingerprint density at radius 2 is 2.00 bits per heavy atom. The van der Waals surface area contributed by atoms with E-state index in [2.05, 4.69) is 5.32 Å². The van der Waals surface area contributed by atoms with Gasteiger partial charge in [-0.15, -0.1) is 0 Å². The molecule has 6 heteroatoms. The van der Waals surface area contributed by atoms with Crippen LogP contribution >= 0.6 is 11.6 Å². The topological polar surface area (TPSA) is 75.6 Å². The van der Waals surface area contributed by atoms with Gasteiger partial charge in [-0.3, -0.25) is 9.59 Å². The minimum Gasteiger partial charge on any atom is -0.495 e. The van der Waals surface area contributed by atoms with E-state index in [-0.39, 0.29) is 12.5 Å². The molecule has 0 heterocycles. The van der Waals surface area contributed by atoms with Gasteiger partial charge in [0.1, 0.15) is 5.75 Å². The molecule has 0 spiro atoms. The number of benzene rings is 1. The number of rotatable bonds is 7. The molecule has 2 N–H and O–H groups in total. The highest BCUT2D eigenvalue weighted by atomic mass is 35.5. The number of ether oxygens (including phenoxy) is 1. The van der Waals surface area contributed by atoms with Crippen molar-refractivity contribution in [3.8, 4) is 5.75 Å². The summed E-state index contributed by atoms with van der Waals surface area (Å²) in [5, 5.41) is 12.8. The number of aryl methyl sites for hydroxylation is 1. The molecule has 0 aromatic heterocycles. The molecule has 0 aliphatic heterocycles. The molecule has 0 radical (unpaired) electrons. The van der Waals surface area contributed by atoms with Crippen LogP contribution in [0.15, 0.2) is 18.2 Å². The average molecular weight is 354 g/mol. The molecule has 1 aromatic carbocycles. The van der Waals surface area contributed by atoms with Crippen molar-refractivity contribution < 1.29 is 19.4 Å². The Labute approximate surface area is 147 Å². The van der Waals surface area contributed by atoms with Crippen LogP contribution < -0.4 is 10.1 Å². The fraction of sp³-hybridized carbons (Fsp3) is 0.556. The standard InChI is InChI=1S/C18H24ClNO4/c1-24-15-7-5-13(11-14(15)19)6-8-16(21)20-12-18(17(22)23)9-3-2-4-10-18/h5,7,11H,2-4,6,8-10,12H2,1H3,(H,20,21)(H,22,23). The van der Waals surface area contributed by atoms with E-state index in [1.807, 2.05) is 6.07 Å². The van der Waals surface area contributed by atoms with Crippen LogP contribution in [0.25, 0.3) is 0 Å². The average Bonchev–Trinajstić information content (AvgIpc) is 2.59. The second-order valence-corrected chi connectivity index (χ2v) is 6.80. The van der Waals surface area contributed by atoms with E-state index < -0.39 is 11.4 Å². The summed E-state index contributed by atoms with van der Waals surface area (Å²) in [6, 6.07) is 5.43. The number of hydrogen-bond acceptors (Lipinski definition) is 3. The second kappa shape index (κ2) is 8.38. The first-order valence-electron chi connectivity index (χ1n) is 8.29. The molecule has 1 aliphatic rings. The number of carboxylic acid groups (broad SMARTS) is 1. The Morgan fingerprint density at radius 1 is 1.29 bits per heavy atom. The second-order valence-electron chi connectivity index (χ2n) is 6.39. The summed E-state index contributed by atoms with van der Waals surface area (Å²) in [6.45, 7) is 0.213. The predicted octanol–water partition coefficient (Wildman–Crippen LogP) is 3.43. The quantitative estimate of drug-likeness (QED) is 0.787. The van der Waals surface area contributed by atoms with E-state index >= 15 is 0 Å². The van der Waals surface area contributed by atoms with Gasteiger partial charge in [-0.25, -0.2) is 0 Å². The number of carbonyl (C=O) groups excluding carboxylic acids is 1. The van der Waals surface area contributed by atoms with Crippen LogP contribution in [0.2, 0.25) is 5.02 Å². The number of carbonyl (C=O) groups is 2. The molecule has 132 valence electrons. The van der Waals surface area contributed by atoms with Crippen LogP contribution in [0.1, 0.15) is 44.1 Å². The Morgan fingerprint density at radius 3 is 2.58 bits per heavy atom. The van der Waals surface area contributed by atoms with Crippen molar-refractivity contribution in [3.63, 3.8) is 0 Å². The first kappa shape index (κ1) is 18.6. The Bertz CT molecular complexity index is 597. The van der Waals surface area contributed by atoms with Gasteiger partial charge in [0, 0.05) is 13.0 Å². The van der Waals surface area contributed by atoms with E-state index in [1.54, 1.807) is 19.2 Å². The Hall–Kier alpha value is -1.75. The van der Waals surface area contributed by atoms with Crippen molar-refractivity contribution in [2.75, 3.05) is 13.7 Å². The summed E-state index contributed by atoms with van der Waals surface area (Å²) in [4.78, 5) is 23.7. The molecule has 0 atom stereocenters. The van der Waals surface area contributed by atoms with Crippen molar-refractivity contribution in [1.82, 2.24) is 5.32 Å². The van der Waals surface area contributed by atoms with Crippen molar-refractivity contribution >= 4 is 23.5 Å². The molecule has 0 unspecified atom stereocenters. The van der Waals surface area contributed by atoms with Crippen LogP contribution in [-0.4, -0.2) is 30.6 Å². The first-order valence-corrected chi connectivity index (χ1v) is 8.67. The van der Waals surface area contributed by atoms with Gasteiger partial charge >= 0.3 is 5.97 Å². The predicted molar refractivity (Wildman–Crippen MR) is 92.5 cm³/mol. The number of nitrogens with one attached hydrogen (secondary N) is 1. The molecular weight excluding hydrogens is 330 g/mol. The van der Waals surface area contributed by atoms with Gasteiger partial charge in [-0.05, 0) is 37.0 Å². The third-order valence-electron chi connectivity index (χ3n) is 4.75. The highest BCUT2D eigenvalue weighted by Crippen LogP contribution is 2.36. The van der Waals surface area contributed by atoms with Gasteiger partial charge in [-0.2, -0.15) is 0 Å². The molecule has 24 heavy (non-hydrogen) atoms. The van der Waals surface area contributed by atoms with Crippen molar-refractivity contribution in [1.29, 1.82) is 0 Å². The highest BCUT2D eigenvalue weighted by Gasteiger charge is 2.39.